The van der Waals surface area contributed by atoms with Crippen LogP contribution in [-0.2, 0) is 13.2 Å². The molecule has 4 aromatic carbocycles. The average molecular weight is 438 g/mol. The summed E-state index contributed by atoms with van der Waals surface area (Å²) < 4.78 is 67.1. The molecule has 0 aromatic heterocycles. The van der Waals surface area contributed by atoms with Gasteiger partial charge in [-0.25, -0.2) is 17.6 Å². The van der Waals surface area contributed by atoms with Crippen LogP contribution in [0.4, 0.5) is 17.6 Å². The number of benzene rings is 4. The molecule has 0 N–H and O–H groups in total. The first kappa shape index (κ1) is 21.4. The molecule has 0 unspecified atom stereocenters. The summed E-state index contributed by atoms with van der Waals surface area (Å²) in [5.41, 5.74) is 1.40. The second-order valence-corrected chi connectivity index (χ2v) is 7.08. The summed E-state index contributed by atoms with van der Waals surface area (Å²) in [7, 11) is 0. The first-order chi connectivity index (χ1) is 15.5. The quantitative estimate of drug-likeness (QED) is 0.287. The van der Waals surface area contributed by atoms with Crippen molar-refractivity contribution in [1.82, 2.24) is 0 Å². The first-order valence-electron chi connectivity index (χ1n) is 9.82. The van der Waals surface area contributed by atoms with Gasteiger partial charge in [0.25, 0.3) is 0 Å². The van der Waals surface area contributed by atoms with E-state index in [1.165, 1.54) is 54.6 Å². The Balaban J connectivity index is 1.65. The minimum Gasteiger partial charge on any atom is -0.488 e. The lowest BCUT2D eigenvalue weighted by atomic mass is 10.0. The third-order valence-corrected chi connectivity index (χ3v) is 4.80. The van der Waals surface area contributed by atoms with E-state index in [0.29, 0.717) is 11.1 Å². The highest BCUT2D eigenvalue weighted by Gasteiger charge is 2.16. The Hall–Kier alpha value is -3.80. The van der Waals surface area contributed by atoms with Crippen molar-refractivity contribution in [3.63, 3.8) is 0 Å². The molecule has 2 nitrogen and oxygen atoms in total. The van der Waals surface area contributed by atoms with Crippen molar-refractivity contribution in [2.75, 3.05) is 0 Å². The minimum absolute atomic E-state index is 0.0249. The average Bonchev–Trinajstić information content (AvgIpc) is 2.78. The summed E-state index contributed by atoms with van der Waals surface area (Å²) in [5.74, 6) is -1.45. The normalized spacial score (nSPS) is 10.8. The summed E-state index contributed by atoms with van der Waals surface area (Å²) in [6.07, 6.45) is 0. The lowest BCUT2D eigenvalue weighted by Gasteiger charge is -2.16. The molecule has 0 aliphatic carbocycles. The van der Waals surface area contributed by atoms with Gasteiger partial charge in [0.2, 0.25) is 0 Å². The zero-order chi connectivity index (χ0) is 22.5. The number of ether oxygens (including phenoxy) is 2. The molecule has 0 bridgehead atoms. The SMILES string of the molecule is Fc1cccc(COc2ccc(F)cc2-c2cc(F)ccc2OCc2ccccc2F)c1. The van der Waals surface area contributed by atoms with Crippen molar-refractivity contribution < 1.29 is 27.0 Å². The van der Waals surface area contributed by atoms with Crippen molar-refractivity contribution in [2.45, 2.75) is 13.2 Å². The van der Waals surface area contributed by atoms with Crippen molar-refractivity contribution in [3.8, 4) is 22.6 Å². The van der Waals surface area contributed by atoms with Crippen molar-refractivity contribution in [3.05, 3.63) is 119 Å². The van der Waals surface area contributed by atoms with Crippen molar-refractivity contribution >= 4 is 0 Å². The molecule has 0 heterocycles. The van der Waals surface area contributed by atoms with Gasteiger partial charge < -0.3 is 9.47 Å². The molecule has 0 aliphatic rings. The highest BCUT2D eigenvalue weighted by Crippen LogP contribution is 2.38. The predicted octanol–water partition coefficient (Wildman–Crippen LogP) is 7.07. The van der Waals surface area contributed by atoms with Crippen LogP contribution >= 0.6 is 0 Å². The van der Waals surface area contributed by atoms with Crippen LogP contribution in [0.25, 0.3) is 11.1 Å². The van der Waals surface area contributed by atoms with E-state index in [1.54, 1.807) is 30.3 Å². The van der Waals surface area contributed by atoms with E-state index in [2.05, 4.69) is 0 Å². The highest BCUT2D eigenvalue weighted by atomic mass is 19.1. The lowest BCUT2D eigenvalue weighted by Crippen LogP contribution is -2.02. The standard InChI is InChI=1S/C26H18F4O2/c27-19-6-3-4-17(12-19)15-31-25-10-8-20(28)13-22(25)23-14-21(29)9-11-26(23)32-16-18-5-1-2-7-24(18)30/h1-14H,15-16H2. The van der Waals surface area contributed by atoms with Crippen LogP contribution in [0.15, 0.2) is 84.9 Å². The molecular formula is C26H18F4O2. The second kappa shape index (κ2) is 9.56. The second-order valence-electron chi connectivity index (χ2n) is 7.08. The van der Waals surface area contributed by atoms with Crippen molar-refractivity contribution in [2.24, 2.45) is 0 Å². The molecular weight excluding hydrogens is 420 g/mol. The molecule has 0 fully saturated rings. The fraction of sp³-hybridized carbons (Fsp3) is 0.0769. The van der Waals surface area contributed by atoms with Crippen molar-refractivity contribution in [1.29, 1.82) is 0 Å². The molecule has 0 amide bonds. The molecule has 0 atom stereocenters. The number of hydrogen-bond donors (Lipinski definition) is 0. The van der Waals surface area contributed by atoms with Crippen LogP contribution in [-0.4, -0.2) is 0 Å². The summed E-state index contributed by atoms with van der Waals surface area (Å²) in [4.78, 5) is 0. The molecule has 162 valence electrons. The van der Waals surface area contributed by atoms with Crippen LogP contribution in [0.3, 0.4) is 0 Å². The summed E-state index contributed by atoms with van der Waals surface area (Å²) in [5, 5.41) is 0. The molecule has 4 rings (SSSR count). The Morgan fingerprint density at radius 3 is 1.75 bits per heavy atom. The van der Waals surface area contributed by atoms with Gasteiger partial charge in [0.05, 0.1) is 0 Å². The number of halogens is 4. The molecule has 0 saturated carbocycles. The molecule has 0 aliphatic heterocycles. The molecule has 0 saturated heterocycles. The summed E-state index contributed by atoms with van der Waals surface area (Å²) >= 11 is 0. The van der Waals surface area contributed by atoms with Crippen LogP contribution in [0.1, 0.15) is 11.1 Å². The Morgan fingerprint density at radius 2 is 1.12 bits per heavy atom. The topological polar surface area (TPSA) is 18.5 Å². The zero-order valence-corrected chi connectivity index (χ0v) is 16.8. The fourth-order valence-corrected chi connectivity index (χ4v) is 3.24. The number of hydrogen-bond acceptors (Lipinski definition) is 2. The van der Waals surface area contributed by atoms with Crippen LogP contribution < -0.4 is 9.47 Å². The van der Waals surface area contributed by atoms with Crippen LogP contribution in [0.5, 0.6) is 11.5 Å². The largest absolute Gasteiger partial charge is 0.488 e. The first-order valence-corrected chi connectivity index (χ1v) is 9.82. The zero-order valence-electron chi connectivity index (χ0n) is 16.8. The molecule has 6 heteroatoms. The highest BCUT2D eigenvalue weighted by molar-refractivity contribution is 5.76. The molecule has 4 aromatic rings. The van der Waals surface area contributed by atoms with Gasteiger partial charge in [0.15, 0.2) is 0 Å². The van der Waals surface area contributed by atoms with E-state index < -0.39 is 23.3 Å². The maximum absolute atomic E-state index is 14.1. The van der Waals surface area contributed by atoms with Gasteiger partial charge in [0.1, 0.15) is 48.0 Å². The third-order valence-electron chi connectivity index (χ3n) is 4.80. The molecule has 0 spiro atoms. The third kappa shape index (κ3) is 5.09. The van der Waals surface area contributed by atoms with Gasteiger partial charge in [-0.15, -0.1) is 0 Å². The Bertz CT molecular complexity index is 1240. The lowest BCUT2D eigenvalue weighted by molar-refractivity contribution is 0.298. The Kier molecular flexibility index (Phi) is 6.40. The van der Waals surface area contributed by atoms with Gasteiger partial charge in [-0.05, 0) is 60.2 Å². The minimum atomic E-state index is -0.557. The summed E-state index contributed by atoms with van der Waals surface area (Å²) in [6.45, 7) is -0.0722. The monoisotopic (exact) mass is 438 g/mol. The van der Waals surface area contributed by atoms with Crippen LogP contribution in [0, 0.1) is 23.3 Å². The van der Waals surface area contributed by atoms with Gasteiger partial charge in [-0.1, -0.05) is 30.3 Å². The maximum atomic E-state index is 14.1. The van der Waals surface area contributed by atoms with E-state index in [1.807, 2.05) is 0 Å². The van der Waals surface area contributed by atoms with E-state index in [0.717, 1.165) is 0 Å². The Morgan fingerprint density at radius 1 is 0.531 bits per heavy atom. The predicted molar refractivity (Wildman–Crippen MR) is 113 cm³/mol. The number of rotatable bonds is 7. The van der Waals surface area contributed by atoms with Gasteiger partial charge >= 0.3 is 0 Å². The van der Waals surface area contributed by atoms with E-state index >= 15 is 0 Å². The molecule has 32 heavy (non-hydrogen) atoms. The smallest absolute Gasteiger partial charge is 0.129 e. The Labute approximate surface area is 182 Å². The van der Waals surface area contributed by atoms with Crippen LogP contribution in [0.2, 0.25) is 0 Å². The van der Waals surface area contributed by atoms with E-state index in [4.69, 9.17) is 9.47 Å². The maximum Gasteiger partial charge on any atom is 0.129 e. The van der Waals surface area contributed by atoms with E-state index in [9.17, 15) is 17.6 Å². The fourth-order valence-electron chi connectivity index (χ4n) is 3.24. The van der Waals surface area contributed by atoms with Gasteiger partial charge in [0, 0.05) is 16.7 Å². The van der Waals surface area contributed by atoms with E-state index in [-0.39, 0.29) is 35.8 Å². The van der Waals surface area contributed by atoms with Gasteiger partial charge in [-0.2, -0.15) is 0 Å². The molecule has 0 radical (unpaired) electrons. The summed E-state index contributed by atoms with van der Waals surface area (Å²) in [6, 6.07) is 19.6. The van der Waals surface area contributed by atoms with Gasteiger partial charge in [-0.3, -0.25) is 0 Å².